The molecule has 0 aromatic carbocycles. The molecule has 1 heterocycles. The van der Waals surface area contributed by atoms with Gasteiger partial charge in [0.05, 0.1) is 12.2 Å². The number of hydrogen-bond acceptors (Lipinski definition) is 4. The maximum atomic E-state index is 11.6. The van der Waals surface area contributed by atoms with Crippen LogP contribution in [0.1, 0.15) is 20.3 Å². The van der Waals surface area contributed by atoms with Crippen molar-refractivity contribution < 1.29 is 14.6 Å². The predicted octanol–water partition coefficient (Wildman–Crippen LogP) is -0.748. The van der Waals surface area contributed by atoms with E-state index in [9.17, 15) is 9.90 Å². The summed E-state index contributed by atoms with van der Waals surface area (Å²) in [4.78, 5) is 11.6. The molecule has 0 bridgehead atoms. The van der Waals surface area contributed by atoms with E-state index in [1.807, 2.05) is 6.92 Å². The van der Waals surface area contributed by atoms with E-state index in [4.69, 9.17) is 4.74 Å². The first-order valence-electron chi connectivity index (χ1n) is 5.37. The zero-order valence-electron chi connectivity index (χ0n) is 9.38. The van der Waals surface area contributed by atoms with Gasteiger partial charge in [0.15, 0.2) is 0 Å². The minimum Gasteiger partial charge on any atom is -0.388 e. The van der Waals surface area contributed by atoms with Gasteiger partial charge in [-0.05, 0) is 13.3 Å². The number of carbonyl (C=O) groups is 1. The van der Waals surface area contributed by atoms with Crippen LogP contribution in [0.5, 0.6) is 0 Å². The SMILES string of the molecule is CCC(C)(O)CNC(=O)C1CNCCO1. The molecule has 0 aliphatic carbocycles. The van der Waals surface area contributed by atoms with E-state index in [1.165, 1.54) is 0 Å². The van der Waals surface area contributed by atoms with Crippen LogP contribution in [0.3, 0.4) is 0 Å². The Hall–Kier alpha value is -0.650. The molecule has 1 amide bonds. The minimum atomic E-state index is -0.836. The highest BCUT2D eigenvalue weighted by atomic mass is 16.5. The van der Waals surface area contributed by atoms with E-state index in [-0.39, 0.29) is 12.5 Å². The molecule has 5 nitrogen and oxygen atoms in total. The lowest BCUT2D eigenvalue weighted by Gasteiger charge is -2.26. The monoisotopic (exact) mass is 216 g/mol. The van der Waals surface area contributed by atoms with Gasteiger partial charge < -0.3 is 20.5 Å². The van der Waals surface area contributed by atoms with Gasteiger partial charge in [0.25, 0.3) is 5.91 Å². The van der Waals surface area contributed by atoms with E-state index in [0.717, 1.165) is 6.54 Å². The maximum absolute atomic E-state index is 11.6. The molecule has 1 rings (SSSR count). The standard InChI is InChI=1S/C10H20N2O3/c1-3-10(2,14)7-12-9(13)8-6-11-4-5-15-8/h8,11,14H,3-7H2,1-2H3,(H,12,13). The molecule has 15 heavy (non-hydrogen) atoms. The van der Waals surface area contributed by atoms with Gasteiger partial charge in [0.2, 0.25) is 0 Å². The molecular weight excluding hydrogens is 196 g/mol. The highest BCUT2D eigenvalue weighted by Crippen LogP contribution is 2.06. The summed E-state index contributed by atoms with van der Waals surface area (Å²) in [5.41, 5.74) is -0.836. The van der Waals surface area contributed by atoms with Gasteiger partial charge in [-0.25, -0.2) is 0 Å². The fourth-order valence-corrected chi connectivity index (χ4v) is 1.25. The van der Waals surface area contributed by atoms with Gasteiger partial charge in [-0.1, -0.05) is 6.92 Å². The Bertz CT molecular complexity index is 213. The molecule has 2 atom stereocenters. The van der Waals surface area contributed by atoms with Crippen LogP contribution >= 0.6 is 0 Å². The quantitative estimate of drug-likeness (QED) is 0.578. The second-order valence-electron chi connectivity index (χ2n) is 4.13. The van der Waals surface area contributed by atoms with Gasteiger partial charge >= 0.3 is 0 Å². The van der Waals surface area contributed by atoms with Crippen molar-refractivity contribution in [3.63, 3.8) is 0 Å². The smallest absolute Gasteiger partial charge is 0.250 e. The van der Waals surface area contributed by atoms with Crippen LogP contribution in [0.2, 0.25) is 0 Å². The average molecular weight is 216 g/mol. The summed E-state index contributed by atoms with van der Waals surface area (Å²) in [5.74, 6) is -0.157. The van der Waals surface area contributed by atoms with E-state index in [1.54, 1.807) is 6.92 Å². The highest BCUT2D eigenvalue weighted by molar-refractivity contribution is 5.81. The fourth-order valence-electron chi connectivity index (χ4n) is 1.25. The topological polar surface area (TPSA) is 70.6 Å². The number of nitrogens with one attached hydrogen (secondary N) is 2. The molecule has 5 heteroatoms. The van der Waals surface area contributed by atoms with Gasteiger partial charge in [0, 0.05) is 19.6 Å². The van der Waals surface area contributed by atoms with Gasteiger partial charge in [0.1, 0.15) is 6.10 Å². The normalized spacial score (nSPS) is 25.7. The molecule has 1 aliphatic heterocycles. The number of morpholine rings is 1. The Morgan fingerprint density at radius 2 is 2.47 bits per heavy atom. The summed E-state index contributed by atoms with van der Waals surface area (Å²) in [5, 5.41) is 15.5. The van der Waals surface area contributed by atoms with E-state index in [2.05, 4.69) is 10.6 Å². The molecule has 0 aromatic heterocycles. The van der Waals surface area contributed by atoms with E-state index >= 15 is 0 Å². The van der Waals surface area contributed by atoms with Crippen LogP contribution in [0, 0.1) is 0 Å². The average Bonchev–Trinajstić information content (AvgIpc) is 2.27. The molecule has 1 aliphatic rings. The Morgan fingerprint density at radius 1 is 1.73 bits per heavy atom. The molecule has 2 unspecified atom stereocenters. The van der Waals surface area contributed by atoms with Crippen LogP contribution in [0.15, 0.2) is 0 Å². The second-order valence-corrected chi connectivity index (χ2v) is 4.13. The minimum absolute atomic E-state index is 0.157. The van der Waals surface area contributed by atoms with Crippen molar-refractivity contribution in [3.8, 4) is 0 Å². The van der Waals surface area contributed by atoms with Crippen LogP contribution in [-0.2, 0) is 9.53 Å². The van der Waals surface area contributed by atoms with Crippen molar-refractivity contribution in [2.45, 2.75) is 32.0 Å². The molecule has 1 fully saturated rings. The Balaban J connectivity index is 2.28. The Kier molecular flexibility index (Phi) is 4.50. The lowest BCUT2D eigenvalue weighted by molar-refractivity contribution is -0.135. The van der Waals surface area contributed by atoms with Gasteiger partial charge in [-0.3, -0.25) is 4.79 Å². The van der Waals surface area contributed by atoms with E-state index < -0.39 is 11.7 Å². The lowest BCUT2D eigenvalue weighted by atomic mass is 10.0. The van der Waals surface area contributed by atoms with E-state index in [0.29, 0.717) is 19.6 Å². The van der Waals surface area contributed by atoms with Crippen molar-refractivity contribution in [1.82, 2.24) is 10.6 Å². The zero-order valence-corrected chi connectivity index (χ0v) is 9.38. The summed E-state index contributed by atoms with van der Waals surface area (Å²) in [6, 6.07) is 0. The van der Waals surface area contributed by atoms with Gasteiger partial charge in [-0.2, -0.15) is 0 Å². The molecule has 0 saturated carbocycles. The third-order valence-corrected chi connectivity index (χ3v) is 2.63. The molecule has 3 N–H and O–H groups in total. The van der Waals surface area contributed by atoms with Crippen molar-refractivity contribution >= 4 is 5.91 Å². The number of aliphatic hydroxyl groups is 1. The number of carbonyl (C=O) groups excluding carboxylic acids is 1. The second kappa shape index (κ2) is 5.44. The largest absolute Gasteiger partial charge is 0.388 e. The summed E-state index contributed by atoms with van der Waals surface area (Å²) in [6.45, 7) is 5.74. The summed E-state index contributed by atoms with van der Waals surface area (Å²) < 4.78 is 5.28. The first-order chi connectivity index (χ1) is 7.05. The molecule has 88 valence electrons. The first kappa shape index (κ1) is 12.4. The fraction of sp³-hybridized carbons (Fsp3) is 0.900. The molecule has 0 aromatic rings. The highest BCUT2D eigenvalue weighted by Gasteiger charge is 2.24. The third kappa shape index (κ3) is 4.15. The Labute approximate surface area is 90.2 Å². The van der Waals surface area contributed by atoms with Crippen molar-refractivity contribution in [2.24, 2.45) is 0 Å². The number of ether oxygens (including phenoxy) is 1. The molecule has 0 spiro atoms. The molecular formula is C10H20N2O3. The van der Waals surface area contributed by atoms with Crippen molar-refractivity contribution in [2.75, 3.05) is 26.2 Å². The molecule has 1 saturated heterocycles. The predicted molar refractivity (Wildman–Crippen MR) is 56.5 cm³/mol. The zero-order chi connectivity index (χ0) is 11.3. The summed E-state index contributed by atoms with van der Waals surface area (Å²) >= 11 is 0. The van der Waals surface area contributed by atoms with Crippen LogP contribution in [0.25, 0.3) is 0 Å². The van der Waals surface area contributed by atoms with Crippen molar-refractivity contribution in [3.05, 3.63) is 0 Å². The van der Waals surface area contributed by atoms with Crippen LogP contribution in [-0.4, -0.2) is 49.0 Å². The maximum Gasteiger partial charge on any atom is 0.250 e. The van der Waals surface area contributed by atoms with Crippen LogP contribution in [0.4, 0.5) is 0 Å². The number of amides is 1. The number of hydrogen-bond donors (Lipinski definition) is 3. The first-order valence-corrected chi connectivity index (χ1v) is 5.37. The summed E-state index contributed by atoms with van der Waals surface area (Å²) in [7, 11) is 0. The number of rotatable bonds is 4. The summed E-state index contributed by atoms with van der Waals surface area (Å²) in [6.07, 6.45) is 0.184. The lowest BCUT2D eigenvalue weighted by Crippen LogP contribution is -2.50. The van der Waals surface area contributed by atoms with Crippen molar-refractivity contribution in [1.29, 1.82) is 0 Å². The van der Waals surface area contributed by atoms with Gasteiger partial charge in [-0.15, -0.1) is 0 Å². The Morgan fingerprint density at radius 3 is 3.00 bits per heavy atom. The third-order valence-electron chi connectivity index (χ3n) is 2.63. The van der Waals surface area contributed by atoms with Crippen LogP contribution < -0.4 is 10.6 Å². The molecule has 0 radical (unpaired) electrons.